The van der Waals surface area contributed by atoms with E-state index in [4.69, 9.17) is 0 Å². The Labute approximate surface area is 80.4 Å². The molecular weight excluding hydrogens is 276 g/mol. The van der Waals surface area contributed by atoms with Crippen molar-refractivity contribution in [2.75, 3.05) is 0 Å². The van der Waals surface area contributed by atoms with Gasteiger partial charge in [-0.05, 0) is 40.8 Å². The Bertz CT molecular complexity index is 398. The summed E-state index contributed by atoms with van der Waals surface area (Å²) in [4.78, 5) is 4.19. The maximum atomic E-state index is 12.6. The molecule has 0 aliphatic rings. The Kier molecular flexibility index (Phi) is 1.80. The zero-order valence-corrected chi connectivity index (χ0v) is 8.32. The average molecular weight is 279 g/mol. The second kappa shape index (κ2) is 2.67. The molecule has 0 radical (unpaired) electrons. The van der Waals surface area contributed by atoms with Crippen LogP contribution >= 0.6 is 33.9 Å². The van der Waals surface area contributed by atoms with E-state index < -0.39 is 0 Å². The van der Waals surface area contributed by atoms with Crippen LogP contribution in [0.1, 0.15) is 0 Å². The average Bonchev–Trinajstić information content (AvgIpc) is 2.27. The van der Waals surface area contributed by atoms with Crippen LogP contribution in [0.15, 0.2) is 18.2 Å². The third-order valence-corrected chi connectivity index (χ3v) is 3.03. The number of hydrogen-bond donors (Lipinski definition) is 0. The van der Waals surface area contributed by atoms with Crippen LogP contribution in [0.25, 0.3) is 10.2 Å². The quantitative estimate of drug-likeness (QED) is 0.675. The number of benzene rings is 1. The molecule has 56 valence electrons. The van der Waals surface area contributed by atoms with Gasteiger partial charge < -0.3 is 0 Å². The summed E-state index contributed by atoms with van der Waals surface area (Å²) in [5, 5.41) is 0. The molecule has 0 atom stereocenters. The summed E-state index contributed by atoms with van der Waals surface area (Å²) in [6.07, 6.45) is 0. The van der Waals surface area contributed by atoms with Crippen molar-refractivity contribution in [1.29, 1.82) is 0 Å². The standard InChI is InChI=1S/C7H3FINS/c8-4-1-2-5-6(3-4)11-7(9)10-5/h1-3H. The fourth-order valence-corrected chi connectivity index (χ4v) is 2.56. The van der Waals surface area contributed by atoms with Gasteiger partial charge in [-0.15, -0.1) is 11.3 Å². The van der Waals surface area contributed by atoms with E-state index in [0.717, 1.165) is 13.2 Å². The normalized spacial score (nSPS) is 10.7. The van der Waals surface area contributed by atoms with Crippen molar-refractivity contribution in [3.63, 3.8) is 0 Å². The fourth-order valence-electron chi connectivity index (χ4n) is 0.870. The third kappa shape index (κ3) is 1.37. The molecule has 4 heteroatoms. The monoisotopic (exact) mass is 279 g/mol. The number of rotatable bonds is 0. The second-order valence-corrected chi connectivity index (χ2v) is 4.86. The molecule has 1 aromatic carbocycles. The van der Waals surface area contributed by atoms with Gasteiger partial charge in [-0.3, -0.25) is 0 Å². The van der Waals surface area contributed by atoms with E-state index in [1.807, 2.05) is 0 Å². The first-order chi connectivity index (χ1) is 5.25. The summed E-state index contributed by atoms with van der Waals surface area (Å²) < 4.78 is 14.5. The van der Waals surface area contributed by atoms with Gasteiger partial charge in [0.15, 0.2) is 3.01 Å². The van der Waals surface area contributed by atoms with Crippen molar-refractivity contribution in [3.8, 4) is 0 Å². The van der Waals surface area contributed by atoms with Gasteiger partial charge in [0.25, 0.3) is 0 Å². The molecule has 0 aliphatic heterocycles. The predicted molar refractivity (Wildman–Crippen MR) is 52.3 cm³/mol. The highest BCUT2D eigenvalue weighted by Crippen LogP contribution is 2.23. The lowest BCUT2D eigenvalue weighted by Gasteiger charge is -1.85. The summed E-state index contributed by atoms with van der Waals surface area (Å²) in [6, 6.07) is 4.64. The molecule has 0 amide bonds. The summed E-state index contributed by atoms with van der Waals surface area (Å²) in [5.74, 6) is -0.197. The van der Waals surface area contributed by atoms with Crippen molar-refractivity contribution >= 4 is 44.1 Å². The van der Waals surface area contributed by atoms with E-state index in [2.05, 4.69) is 27.6 Å². The highest BCUT2D eigenvalue weighted by atomic mass is 127. The first kappa shape index (κ1) is 7.42. The van der Waals surface area contributed by atoms with Crippen molar-refractivity contribution in [2.24, 2.45) is 0 Å². The molecule has 0 saturated heterocycles. The van der Waals surface area contributed by atoms with Crippen molar-refractivity contribution in [2.45, 2.75) is 0 Å². The smallest absolute Gasteiger partial charge is 0.155 e. The molecule has 1 aromatic heterocycles. The Morgan fingerprint density at radius 2 is 2.27 bits per heavy atom. The first-order valence-electron chi connectivity index (χ1n) is 2.97. The van der Waals surface area contributed by atoms with Gasteiger partial charge in [0, 0.05) is 0 Å². The topological polar surface area (TPSA) is 12.9 Å². The van der Waals surface area contributed by atoms with Crippen LogP contribution in [0.2, 0.25) is 0 Å². The van der Waals surface area contributed by atoms with Gasteiger partial charge in [-0.2, -0.15) is 0 Å². The maximum Gasteiger partial charge on any atom is 0.155 e. The van der Waals surface area contributed by atoms with Crippen LogP contribution in [0, 0.1) is 8.83 Å². The molecule has 1 nitrogen and oxygen atoms in total. The van der Waals surface area contributed by atoms with Crippen molar-refractivity contribution in [1.82, 2.24) is 4.98 Å². The van der Waals surface area contributed by atoms with Crippen LogP contribution in [0.5, 0.6) is 0 Å². The summed E-state index contributed by atoms with van der Waals surface area (Å²) in [5.41, 5.74) is 0.876. The Balaban J connectivity index is 2.82. The molecule has 0 aliphatic carbocycles. The fraction of sp³-hybridized carbons (Fsp3) is 0. The zero-order valence-electron chi connectivity index (χ0n) is 5.34. The lowest BCUT2D eigenvalue weighted by atomic mass is 10.3. The Morgan fingerprint density at radius 3 is 3.09 bits per heavy atom. The highest BCUT2D eigenvalue weighted by molar-refractivity contribution is 14.1. The molecular formula is C7H3FINS. The van der Waals surface area contributed by atoms with Crippen molar-refractivity contribution < 1.29 is 4.39 Å². The van der Waals surface area contributed by atoms with Crippen LogP contribution in [0.4, 0.5) is 4.39 Å². The lowest BCUT2D eigenvalue weighted by molar-refractivity contribution is 0.630. The molecule has 1 heterocycles. The van der Waals surface area contributed by atoms with Gasteiger partial charge in [-0.25, -0.2) is 9.37 Å². The molecule has 11 heavy (non-hydrogen) atoms. The minimum atomic E-state index is -0.197. The minimum Gasteiger partial charge on any atom is -0.230 e. The van der Waals surface area contributed by atoms with Gasteiger partial charge in [0.1, 0.15) is 5.82 Å². The van der Waals surface area contributed by atoms with Crippen LogP contribution < -0.4 is 0 Å². The SMILES string of the molecule is Fc1ccc2nc(I)sc2c1. The lowest BCUT2D eigenvalue weighted by Crippen LogP contribution is -1.71. The number of fused-ring (bicyclic) bond motifs is 1. The van der Waals surface area contributed by atoms with Gasteiger partial charge in [0.05, 0.1) is 10.2 Å². The molecule has 0 N–H and O–H groups in total. The molecule has 2 aromatic rings. The van der Waals surface area contributed by atoms with E-state index in [0.29, 0.717) is 0 Å². The summed E-state index contributed by atoms with van der Waals surface area (Å²) >= 11 is 3.63. The predicted octanol–water partition coefficient (Wildman–Crippen LogP) is 3.04. The molecule has 0 unspecified atom stereocenters. The molecule has 0 bridgehead atoms. The highest BCUT2D eigenvalue weighted by Gasteiger charge is 2.00. The van der Waals surface area contributed by atoms with Crippen LogP contribution in [-0.2, 0) is 0 Å². The number of nitrogens with zero attached hydrogens (tertiary/aromatic N) is 1. The number of halogens is 2. The molecule has 0 saturated carbocycles. The maximum absolute atomic E-state index is 12.6. The number of hydrogen-bond acceptors (Lipinski definition) is 2. The molecule has 0 fully saturated rings. The van der Waals surface area contributed by atoms with Gasteiger partial charge in [-0.1, -0.05) is 0 Å². The van der Waals surface area contributed by atoms with E-state index in [1.165, 1.54) is 23.5 Å². The van der Waals surface area contributed by atoms with Crippen LogP contribution in [0.3, 0.4) is 0 Å². The van der Waals surface area contributed by atoms with Crippen LogP contribution in [-0.4, -0.2) is 4.98 Å². The Morgan fingerprint density at radius 1 is 1.45 bits per heavy atom. The minimum absolute atomic E-state index is 0.197. The third-order valence-electron chi connectivity index (χ3n) is 1.32. The zero-order chi connectivity index (χ0) is 7.84. The summed E-state index contributed by atoms with van der Waals surface area (Å²) in [6.45, 7) is 0. The van der Waals surface area contributed by atoms with E-state index in [9.17, 15) is 4.39 Å². The van der Waals surface area contributed by atoms with Gasteiger partial charge in [0.2, 0.25) is 0 Å². The molecule has 2 rings (SSSR count). The van der Waals surface area contributed by atoms with Crippen molar-refractivity contribution in [3.05, 3.63) is 27.0 Å². The number of thiazole rings is 1. The van der Waals surface area contributed by atoms with Gasteiger partial charge >= 0.3 is 0 Å². The Hall–Kier alpha value is -0.230. The molecule has 0 spiro atoms. The largest absolute Gasteiger partial charge is 0.230 e. The van der Waals surface area contributed by atoms with E-state index in [-0.39, 0.29) is 5.82 Å². The summed E-state index contributed by atoms with van der Waals surface area (Å²) in [7, 11) is 0. The van der Waals surface area contributed by atoms with E-state index in [1.54, 1.807) is 6.07 Å². The first-order valence-corrected chi connectivity index (χ1v) is 4.87. The number of aromatic nitrogens is 1. The second-order valence-electron chi connectivity index (χ2n) is 2.08. The van der Waals surface area contributed by atoms with E-state index >= 15 is 0 Å².